The number of hydrogen-bond donors (Lipinski definition) is 1. The number of benzene rings is 1. The van der Waals surface area contributed by atoms with Gasteiger partial charge in [-0.1, -0.05) is 43.5 Å². The summed E-state index contributed by atoms with van der Waals surface area (Å²) < 4.78 is 0. The Labute approximate surface area is 131 Å². The highest BCUT2D eigenvalue weighted by Crippen LogP contribution is 2.31. The molecule has 1 aliphatic rings. The van der Waals surface area contributed by atoms with Gasteiger partial charge in [-0.05, 0) is 31.4 Å². The summed E-state index contributed by atoms with van der Waals surface area (Å²) in [5.41, 5.74) is 1.42. The van der Waals surface area contributed by atoms with Crippen LogP contribution >= 0.6 is 0 Å². The SMILES string of the molecule is C=CCC1(NC(=O)c2cnc3ccccc3c2)CCCCC1. The molecule has 0 atom stereocenters. The molecule has 1 amide bonds. The van der Waals surface area contributed by atoms with Crippen molar-refractivity contribution in [1.82, 2.24) is 10.3 Å². The fraction of sp³-hybridized carbons (Fsp3) is 0.368. The minimum Gasteiger partial charge on any atom is -0.346 e. The molecule has 0 aliphatic heterocycles. The van der Waals surface area contributed by atoms with Gasteiger partial charge >= 0.3 is 0 Å². The van der Waals surface area contributed by atoms with E-state index in [1.165, 1.54) is 19.3 Å². The molecule has 1 aliphatic carbocycles. The van der Waals surface area contributed by atoms with Crippen LogP contribution in [0.3, 0.4) is 0 Å². The number of para-hydroxylation sites is 1. The van der Waals surface area contributed by atoms with Gasteiger partial charge in [-0.25, -0.2) is 0 Å². The number of fused-ring (bicyclic) bond motifs is 1. The van der Waals surface area contributed by atoms with Gasteiger partial charge in [0.05, 0.1) is 11.1 Å². The highest BCUT2D eigenvalue weighted by Gasteiger charge is 2.32. The van der Waals surface area contributed by atoms with Crippen molar-refractivity contribution in [2.45, 2.75) is 44.1 Å². The van der Waals surface area contributed by atoms with Gasteiger partial charge in [0.15, 0.2) is 0 Å². The topological polar surface area (TPSA) is 42.0 Å². The molecular weight excluding hydrogens is 272 g/mol. The maximum absolute atomic E-state index is 12.7. The lowest BCUT2D eigenvalue weighted by atomic mass is 9.79. The van der Waals surface area contributed by atoms with E-state index in [-0.39, 0.29) is 11.4 Å². The normalized spacial score (nSPS) is 17.1. The predicted molar refractivity (Wildman–Crippen MR) is 89.8 cm³/mol. The Kier molecular flexibility index (Phi) is 4.23. The zero-order valence-electron chi connectivity index (χ0n) is 12.8. The summed E-state index contributed by atoms with van der Waals surface area (Å²) in [7, 11) is 0. The number of hydrogen-bond acceptors (Lipinski definition) is 2. The molecular formula is C19H22N2O. The van der Waals surface area contributed by atoms with Crippen LogP contribution in [-0.4, -0.2) is 16.4 Å². The van der Waals surface area contributed by atoms with Crippen molar-refractivity contribution in [2.24, 2.45) is 0 Å². The van der Waals surface area contributed by atoms with Crippen molar-refractivity contribution in [3.05, 3.63) is 54.7 Å². The highest BCUT2D eigenvalue weighted by molar-refractivity contribution is 5.97. The highest BCUT2D eigenvalue weighted by atomic mass is 16.1. The van der Waals surface area contributed by atoms with Crippen molar-refractivity contribution < 1.29 is 4.79 Å². The zero-order valence-corrected chi connectivity index (χ0v) is 12.8. The number of nitrogens with one attached hydrogen (secondary N) is 1. The minimum absolute atomic E-state index is 0.0259. The largest absolute Gasteiger partial charge is 0.346 e. The predicted octanol–water partition coefficient (Wildman–Crippen LogP) is 4.24. The second kappa shape index (κ2) is 6.30. The molecule has 1 aromatic heterocycles. The first-order valence-electron chi connectivity index (χ1n) is 8.01. The Morgan fingerprint density at radius 3 is 2.82 bits per heavy atom. The van der Waals surface area contributed by atoms with E-state index in [4.69, 9.17) is 0 Å². The molecule has 0 spiro atoms. The standard InChI is InChI=1S/C19H22N2O/c1-2-10-19(11-6-3-7-12-19)21-18(22)16-13-15-8-4-5-9-17(15)20-14-16/h2,4-5,8-9,13-14H,1,3,6-7,10-12H2,(H,21,22). The van der Waals surface area contributed by atoms with Crippen molar-refractivity contribution in [3.8, 4) is 0 Å². The quantitative estimate of drug-likeness (QED) is 0.857. The van der Waals surface area contributed by atoms with E-state index >= 15 is 0 Å². The third-order valence-corrected chi connectivity index (χ3v) is 4.58. The summed E-state index contributed by atoms with van der Waals surface area (Å²) in [6.45, 7) is 3.86. The molecule has 22 heavy (non-hydrogen) atoms. The molecule has 1 fully saturated rings. The Hall–Kier alpha value is -2.16. The van der Waals surface area contributed by atoms with Crippen LogP contribution in [0.15, 0.2) is 49.2 Å². The van der Waals surface area contributed by atoms with Gasteiger partial charge in [0, 0.05) is 17.1 Å². The van der Waals surface area contributed by atoms with Crippen LogP contribution in [-0.2, 0) is 0 Å². The van der Waals surface area contributed by atoms with E-state index in [1.807, 2.05) is 36.4 Å². The molecule has 0 saturated heterocycles. The van der Waals surface area contributed by atoms with E-state index in [2.05, 4.69) is 16.9 Å². The summed E-state index contributed by atoms with van der Waals surface area (Å²) in [5, 5.41) is 4.26. The van der Waals surface area contributed by atoms with Crippen molar-refractivity contribution in [3.63, 3.8) is 0 Å². The zero-order chi connectivity index (χ0) is 15.4. The number of rotatable bonds is 4. The summed E-state index contributed by atoms with van der Waals surface area (Å²) in [5.74, 6) is -0.0259. The molecule has 0 radical (unpaired) electrons. The molecule has 2 aromatic rings. The van der Waals surface area contributed by atoms with Crippen LogP contribution in [0.4, 0.5) is 0 Å². The van der Waals surface area contributed by atoms with E-state index in [0.29, 0.717) is 5.56 Å². The molecule has 0 bridgehead atoms. The summed E-state index contributed by atoms with van der Waals surface area (Å²) in [6, 6.07) is 9.78. The number of carbonyl (C=O) groups excluding carboxylic acids is 1. The molecule has 3 nitrogen and oxygen atoms in total. The lowest BCUT2D eigenvalue weighted by molar-refractivity contribution is 0.0870. The lowest BCUT2D eigenvalue weighted by Crippen LogP contribution is -2.49. The van der Waals surface area contributed by atoms with Gasteiger partial charge in [0.25, 0.3) is 5.91 Å². The van der Waals surface area contributed by atoms with E-state index in [0.717, 1.165) is 30.2 Å². The Bertz CT molecular complexity index is 687. The first-order chi connectivity index (χ1) is 10.7. The van der Waals surface area contributed by atoms with Gasteiger partial charge in [-0.15, -0.1) is 6.58 Å². The third kappa shape index (κ3) is 3.03. The average molecular weight is 294 g/mol. The summed E-state index contributed by atoms with van der Waals surface area (Å²) in [4.78, 5) is 17.0. The van der Waals surface area contributed by atoms with Crippen molar-refractivity contribution in [2.75, 3.05) is 0 Å². The van der Waals surface area contributed by atoms with Crippen molar-refractivity contribution >= 4 is 16.8 Å². The van der Waals surface area contributed by atoms with Crippen LogP contribution in [0.2, 0.25) is 0 Å². The van der Waals surface area contributed by atoms with Crippen LogP contribution < -0.4 is 5.32 Å². The molecule has 0 unspecified atom stereocenters. The van der Waals surface area contributed by atoms with Crippen LogP contribution in [0.25, 0.3) is 10.9 Å². The maximum atomic E-state index is 12.7. The fourth-order valence-corrected chi connectivity index (χ4v) is 3.39. The monoisotopic (exact) mass is 294 g/mol. The first-order valence-corrected chi connectivity index (χ1v) is 8.01. The maximum Gasteiger partial charge on any atom is 0.253 e. The molecule has 1 N–H and O–H groups in total. The second-order valence-corrected chi connectivity index (χ2v) is 6.20. The van der Waals surface area contributed by atoms with Crippen LogP contribution in [0, 0.1) is 0 Å². The molecule has 114 valence electrons. The van der Waals surface area contributed by atoms with E-state index in [1.54, 1.807) is 6.20 Å². The van der Waals surface area contributed by atoms with Crippen LogP contribution in [0.5, 0.6) is 0 Å². The van der Waals surface area contributed by atoms with Gasteiger partial charge < -0.3 is 5.32 Å². The summed E-state index contributed by atoms with van der Waals surface area (Å²) >= 11 is 0. The Morgan fingerprint density at radius 2 is 2.05 bits per heavy atom. The van der Waals surface area contributed by atoms with Gasteiger partial charge in [0.1, 0.15) is 0 Å². The number of aromatic nitrogens is 1. The fourth-order valence-electron chi connectivity index (χ4n) is 3.39. The minimum atomic E-state index is -0.122. The number of amides is 1. The van der Waals surface area contributed by atoms with Gasteiger partial charge in [0.2, 0.25) is 0 Å². The number of carbonyl (C=O) groups is 1. The Morgan fingerprint density at radius 1 is 1.27 bits per heavy atom. The smallest absolute Gasteiger partial charge is 0.253 e. The van der Waals surface area contributed by atoms with Gasteiger partial charge in [-0.2, -0.15) is 0 Å². The molecule has 1 aromatic carbocycles. The molecule has 3 rings (SSSR count). The second-order valence-electron chi connectivity index (χ2n) is 6.20. The average Bonchev–Trinajstić information content (AvgIpc) is 2.55. The molecule has 1 saturated carbocycles. The third-order valence-electron chi connectivity index (χ3n) is 4.58. The van der Waals surface area contributed by atoms with Crippen LogP contribution in [0.1, 0.15) is 48.9 Å². The van der Waals surface area contributed by atoms with Gasteiger partial charge in [-0.3, -0.25) is 9.78 Å². The number of nitrogens with zero attached hydrogens (tertiary/aromatic N) is 1. The molecule has 1 heterocycles. The Balaban J connectivity index is 1.83. The lowest BCUT2D eigenvalue weighted by Gasteiger charge is -2.37. The number of pyridine rings is 1. The van der Waals surface area contributed by atoms with E-state index in [9.17, 15) is 4.79 Å². The van der Waals surface area contributed by atoms with Crippen molar-refractivity contribution in [1.29, 1.82) is 0 Å². The summed E-state index contributed by atoms with van der Waals surface area (Å²) in [6.07, 6.45) is 10.1. The van der Waals surface area contributed by atoms with E-state index < -0.39 is 0 Å². The molecule has 3 heteroatoms. The first kappa shape index (κ1) is 14.8.